The molecular formula is C28H39N3O2. The van der Waals surface area contributed by atoms with E-state index in [-0.39, 0.29) is 11.7 Å². The summed E-state index contributed by atoms with van der Waals surface area (Å²) in [6, 6.07) is 1.61. The molecule has 1 amide bonds. The van der Waals surface area contributed by atoms with Gasteiger partial charge >= 0.3 is 0 Å². The maximum absolute atomic E-state index is 11.9. The fraction of sp³-hybridized carbons (Fsp3) is 0.429. The smallest absolute Gasteiger partial charge is 0.220 e. The van der Waals surface area contributed by atoms with Gasteiger partial charge in [0.1, 0.15) is 12.0 Å². The minimum Gasteiger partial charge on any atom is -0.356 e. The summed E-state index contributed by atoms with van der Waals surface area (Å²) < 4.78 is 0. The number of nitrogens with zero attached hydrogens (tertiary/aromatic N) is 2. The van der Waals surface area contributed by atoms with Gasteiger partial charge in [-0.2, -0.15) is 0 Å². The van der Waals surface area contributed by atoms with Gasteiger partial charge in [0.15, 0.2) is 5.78 Å². The number of nitrogens with one attached hydrogen (secondary N) is 1. The van der Waals surface area contributed by atoms with Gasteiger partial charge in [-0.05, 0) is 57.4 Å². The molecule has 1 N–H and O–H groups in total. The molecule has 0 aliphatic carbocycles. The minimum absolute atomic E-state index is 0.0231. The van der Waals surface area contributed by atoms with Crippen LogP contribution in [0.25, 0.3) is 0 Å². The van der Waals surface area contributed by atoms with Gasteiger partial charge in [0, 0.05) is 25.6 Å². The third kappa shape index (κ3) is 17.2. The van der Waals surface area contributed by atoms with Crippen molar-refractivity contribution in [3.05, 3.63) is 85.0 Å². The van der Waals surface area contributed by atoms with Crippen molar-refractivity contribution in [2.75, 3.05) is 6.54 Å². The van der Waals surface area contributed by atoms with E-state index in [1.165, 1.54) is 6.33 Å². The molecule has 0 aliphatic heterocycles. The molecule has 0 aliphatic rings. The maximum Gasteiger partial charge on any atom is 0.220 e. The minimum atomic E-state index is -0.0231. The van der Waals surface area contributed by atoms with Crippen LogP contribution in [0.5, 0.6) is 0 Å². The first kappa shape index (κ1) is 28.0. The number of ketones is 1. The van der Waals surface area contributed by atoms with Gasteiger partial charge in [0.2, 0.25) is 5.91 Å². The zero-order valence-corrected chi connectivity index (χ0v) is 20.0. The molecule has 0 saturated heterocycles. The third-order valence-corrected chi connectivity index (χ3v) is 4.70. The summed E-state index contributed by atoms with van der Waals surface area (Å²) in [5, 5.41) is 2.87. The first-order valence-corrected chi connectivity index (χ1v) is 12.0. The molecule has 1 aromatic heterocycles. The summed E-state index contributed by atoms with van der Waals surface area (Å²) in [6.45, 7) is 2.66. The van der Waals surface area contributed by atoms with Crippen LogP contribution >= 0.6 is 0 Å². The van der Waals surface area contributed by atoms with E-state index in [9.17, 15) is 9.59 Å². The number of rotatable bonds is 18. The van der Waals surface area contributed by atoms with Gasteiger partial charge in [-0.25, -0.2) is 9.97 Å². The van der Waals surface area contributed by atoms with Gasteiger partial charge in [0.25, 0.3) is 0 Å². The summed E-state index contributed by atoms with van der Waals surface area (Å²) in [7, 11) is 0. The molecular weight excluding hydrogens is 410 g/mol. The Kier molecular flexibility index (Phi) is 17.6. The fourth-order valence-electron chi connectivity index (χ4n) is 2.90. The lowest BCUT2D eigenvalue weighted by Crippen LogP contribution is -2.24. The van der Waals surface area contributed by atoms with Crippen molar-refractivity contribution in [1.82, 2.24) is 15.3 Å². The molecule has 1 rings (SSSR count). The van der Waals surface area contributed by atoms with Crippen molar-refractivity contribution < 1.29 is 9.59 Å². The standard InChI is InChI=1S/C28H39N3O2/c1-2-3-4-5-6-7-8-9-10-11-12-13-14-15-16-17-18-21-28(33)30-23-19-20-27(32)26-22-24-29-25-31-26/h3-4,6-7,9-10,12-13,15-16,22,24-25H,2,5,8,11,14,17-21,23H2,1H3,(H,30,33)/b4-3-,7-6-,10-9-,13-12-,16-15-. The Morgan fingerprint density at radius 3 is 2.00 bits per heavy atom. The number of carbonyl (C=O) groups is 2. The molecule has 0 aromatic carbocycles. The molecule has 0 atom stereocenters. The van der Waals surface area contributed by atoms with Crippen LogP contribution in [0.15, 0.2) is 79.4 Å². The Balaban J connectivity index is 1.95. The summed E-state index contributed by atoms with van der Waals surface area (Å²) in [4.78, 5) is 31.5. The molecule has 0 bridgehead atoms. The van der Waals surface area contributed by atoms with E-state index in [2.05, 4.69) is 83.0 Å². The highest BCUT2D eigenvalue weighted by atomic mass is 16.1. The average Bonchev–Trinajstić information content (AvgIpc) is 2.84. The van der Waals surface area contributed by atoms with Crippen molar-refractivity contribution in [3.63, 3.8) is 0 Å². The van der Waals surface area contributed by atoms with Gasteiger partial charge in [-0.3, -0.25) is 9.59 Å². The molecule has 0 radical (unpaired) electrons. The zero-order chi connectivity index (χ0) is 23.8. The molecule has 0 spiro atoms. The Morgan fingerprint density at radius 1 is 0.818 bits per heavy atom. The summed E-state index contributed by atoms with van der Waals surface area (Å²) in [5.74, 6) is 0.0156. The highest BCUT2D eigenvalue weighted by molar-refractivity contribution is 5.94. The van der Waals surface area contributed by atoms with Crippen molar-refractivity contribution in [1.29, 1.82) is 0 Å². The molecule has 33 heavy (non-hydrogen) atoms. The van der Waals surface area contributed by atoms with Crippen LogP contribution in [0.3, 0.4) is 0 Å². The maximum atomic E-state index is 11.9. The fourth-order valence-corrected chi connectivity index (χ4v) is 2.90. The molecule has 0 unspecified atom stereocenters. The van der Waals surface area contributed by atoms with Gasteiger partial charge in [-0.1, -0.05) is 67.7 Å². The second-order valence-electron chi connectivity index (χ2n) is 7.57. The second-order valence-corrected chi connectivity index (χ2v) is 7.57. The van der Waals surface area contributed by atoms with E-state index < -0.39 is 0 Å². The topological polar surface area (TPSA) is 72.0 Å². The number of Topliss-reactive ketones (excluding diaryl/α,β-unsaturated/α-hetero) is 1. The molecule has 178 valence electrons. The van der Waals surface area contributed by atoms with Crippen LogP contribution in [0.4, 0.5) is 0 Å². The van der Waals surface area contributed by atoms with Crippen LogP contribution in [-0.2, 0) is 4.79 Å². The van der Waals surface area contributed by atoms with E-state index in [0.29, 0.717) is 31.5 Å². The predicted molar refractivity (Wildman–Crippen MR) is 137 cm³/mol. The van der Waals surface area contributed by atoms with Crippen LogP contribution in [-0.4, -0.2) is 28.2 Å². The number of carbonyl (C=O) groups excluding carboxylic acids is 2. The Bertz CT molecular complexity index is 793. The summed E-state index contributed by atoms with van der Waals surface area (Å²) >= 11 is 0. The predicted octanol–water partition coefficient (Wildman–Crippen LogP) is 6.48. The van der Waals surface area contributed by atoms with Gasteiger partial charge < -0.3 is 5.32 Å². The first-order valence-electron chi connectivity index (χ1n) is 12.0. The van der Waals surface area contributed by atoms with E-state index >= 15 is 0 Å². The van der Waals surface area contributed by atoms with Crippen molar-refractivity contribution >= 4 is 11.7 Å². The number of hydrogen-bond acceptors (Lipinski definition) is 4. The highest BCUT2D eigenvalue weighted by Crippen LogP contribution is 2.02. The zero-order valence-electron chi connectivity index (χ0n) is 20.0. The largest absolute Gasteiger partial charge is 0.356 e. The number of allylic oxidation sites excluding steroid dienone is 10. The molecule has 0 saturated carbocycles. The van der Waals surface area contributed by atoms with E-state index in [1.54, 1.807) is 12.3 Å². The van der Waals surface area contributed by atoms with Gasteiger partial charge in [0.05, 0.1) is 0 Å². The first-order chi connectivity index (χ1) is 16.2. The molecule has 1 heterocycles. The van der Waals surface area contributed by atoms with Crippen LogP contribution in [0.2, 0.25) is 0 Å². The number of unbranched alkanes of at least 4 members (excludes halogenated alkanes) is 1. The normalized spacial score (nSPS) is 12.2. The number of hydrogen-bond donors (Lipinski definition) is 1. The molecule has 0 fully saturated rings. The number of aromatic nitrogens is 2. The average molecular weight is 450 g/mol. The highest BCUT2D eigenvalue weighted by Gasteiger charge is 2.06. The van der Waals surface area contributed by atoms with E-state index in [4.69, 9.17) is 0 Å². The SMILES string of the molecule is CC/C=C\C/C=C\C/C=C\C/C=C\C/C=C\CCCC(=O)NCCCC(=O)c1ccncn1. The third-order valence-electron chi connectivity index (χ3n) is 4.70. The quantitative estimate of drug-likeness (QED) is 0.158. The van der Waals surface area contributed by atoms with Crippen molar-refractivity contribution in [2.24, 2.45) is 0 Å². The van der Waals surface area contributed by atoms with E-state index in [1.807, 2.05) is 0 Å². The van der Waals surface area contributed by atoms with Crippen molar-refractivity contribution in [3.8, 4) is 0 Å². The monoisotopic (exact) mass is 449 g/mol. The second kappa shape index (κ2) is 20.8. The molecule has 1 aromatic rings. The summed E-state index contributed by atoms with van der Waals surface area (Å²) in [5.41, 5.74) is 0.424. The molecule has 5 nitrogen and oxygen atoms in total. The van der Waals surface area contributed by atoms with E-state index in [0.717, 1.165) is 44.9 Å². The Labute approximate surface area is 199 Å². The lowest BCUT2D eigenvalue weighted by molar-refractivity contribution is -0.121. The Morgan fingerprint density at radius 2 is 1.42 bits per heavy atom. The lowest BCUT2D eigenvalue weighted by Gasteiger charge is -2.04. The molecule has 5 heteroatoms. The lowest BCUT2D eigenvalue weighted by atomic mass is 10.1. The number of amides is 1. The van der Waals surface area contributed by atoms with Crippen LogP contribution in [0, 0.1) is 0 Å². The van der Waals surface area contributed by atoms with Gasteiger partial charge in [-0.15, -0.1) is 0 Å². The van der Waals surface area contributed by atoms with Crippen LogP contribution < -0.4 is 5.32 Å². The Hall–Kier alpha value is -3.08. The van der Waals surface area contributed by atoms with Crippen molar-refractivity contribution in [2.45, 2.75) is 71.1 Å². The van der Waals surface area contributed by atoms with Crippen LogP contribution in [0.1, 0.15) is 81.6 Å². The summed E-state index contributed by atoms with van der Waals surface area (Å²) in [6.07, 6.45) is 32.9.